The number of ether oxygens (including phenoxy) is 1. The number of hydrogen-bond donors (Lipinski definition) is 2. The molecule has 9 heteroatoms. The molecule has 1 heterocycles. The van der Waals surface area contributed by atoms with E-state index in [-0.39, 0.29) is 36.5 Å². The van der Waals surface area contributed by atoms with Gasteiger partial charge in [0.1, 0.15) is 18.2 Å². The summed E-state index contributed by atoms with van der Waals surface area (Å²) >= 11 is 1.58. The van der Waals surface area contributed by atoms with Gasteiger partial charge in [-0.05, 0) is 48.2 Å². The minimum absolute atomic E-state index is 0.0322. The number of hydrogen-bond acceptors (Lipinski definition) is 5. The van der Waals surface area contributed by atoms with Gasteiger partial charge in [0, 0.05) is 23.9 Å². The molecule has 0 bridgehead atoms. The summed E-state index contributed by atoms with van der Waals surface area (Å²) in [6.07, 6.45) is 3.17. The number of nitrogens with zero attached hydrogens (tertiary/aromatic N) is 1. The number of amides is 1. The predicted octanol–water partition coefficient (Wildman–Crippen LogP) is 4.62. The molecular formula is C23H20F2N2O4S. The maximum absolute atomic E-state index is 13.3. The fraction of sp³-hybridized carbons (Fsp3) is 0.261. The number of aromatic nitrogens is 1. The van der Waals surface area contributed by atoms with Gasteiger partial charge in [-0.25, -0.2) is 18.6 Å². The number of carboxylic acid groups (broad SMARTS) is 1. The van der Waals surface area contributed by atoms with E-state index in [4.69, 9.17) is 9.84 Å². The zero-order valence-electron chi connectivity index (χ0n) is 16.9. The minimum atomic E-state index is -0.965. The van der Waals surface area contributed by atoms with E-state index in [9.17, 15) is 18.4 Å². The Morgan fingerprint density at radius 3 is 2.47 bits per heavy atom. The third-order valence-electron chi connectivity index (χ3n) is 5.15. The lowest BCUT2D eigenvalue weighted by Crippen LogP contribution is -2.31. The van der Waals surface area contributed by atoms with E-state index in [0.29, 0.717) is 5.69 Å². The van der Waals surface area contributed by atoms with Gasteiger partial charge < -0.3 is 15.2 Å². The zero-order chi connectivity index (χ0) is 22.7. The fourth-order valence-electron chi connectivity index (χ4n) is 3.52. The Hall–Kier alpha value is -3.17. The first-order valence-electron chi connectivity index (χ1n) is 10.00. The number of halogens is 2. The van der Waals surface area contributed by atoms with Crippen LogP contribution in [-0.4, -0.2) is 34.7 Å². The van der Waals surface area contributed by atoms with E-state index >= 15 is 0 Å². The van der Waals surface area contributed by atoms with E-state index < -0.39 is 17.6 Å². The summed E-state index contributed by atoms with van der Waals surface area (Å²) < 4.78 is 31.8. The van der Waals surface area contributed by atoms with Crippen molar-refractivity contribution < 1.29 is 28.2 Å². The van der Waals surface area contributed by atoms with Gasteiger partial charge in [0.05, 0.1) is 22.4 Å². The van der Waals surface area contributed by atoms with Gasteiger partial charge in [-0.3, -0.25) is 4.79 Å². The van der Waals surface area contributed by atoms with Crippen LogP contribution in [0, 0.1) is 11.6 Å². The molecule has 0 radical (unpaired) electrons. The molecule has 1 amide bonds. The van der Waals surface area contributed by atoms with Crippen LogP contribution in [0.1, 0.15) is 29.3 Å². The number of nitrogens with one attached hydrogen (secondary N) is 1. The van der Waals surface area contributed by atoms with E-state index in [1.165, 1.54) is 0 Å². The SMILES string of the molecule is O=C(O)COC1CC(c2ncc(-c3ccc(NC(=O)Cc4cc(F)cc(F)c4)cc3)s2)C1. The van der Waals surface area contributed by atoms with Crippen molar-refractivity contribution in [1.82, 2.24) is 4.98 Å². The van der Waals surface area contributed by atoms with Crippen LogP contribution in [0.5, 0.6) is 0 Å². The van der Waals surface area contributed by atoms with E-state index in [1.54, 1.807) is 29.7 Å². The lowest BCUT2D eigenvalue weighted by molar-refractivity contribution is -0.146. The number of rotatable bonds is 8. The van der Waals surface area contributed by atoms with Crippen LogP contribution < -0.4 is 5.32 Å². The Balaban J connectivity index is 1.31. The van der Waals surface area contributed by atoms with E-state index in [2.05, 4.69) is 10.3 Å². The molecule has 2 N–H and O–H groups in total. The van der Waals surface area contributed by atoms with Crippen molar-refractivity contribution in [2.24, 2.45) is 0 Å². The van der Waals surface area contributed by atoms with Gasteiger partial charge in [-0.2, -0.15) is 0 Å². The van der Waals surface area contributed by atoms with Crippen LogP contribution in [0.4, 0.5) is 14.5 Å². The average Bonchev–Trinajstić information content (AvgIpc) is 3.16. The van der Waals surface area contributed by atoms with E-state index in [1.807, 2.05) is 12.1 Å². The molecular weight excluding hydrogens is 438 g/mol. The molecule has 0 saturated heterocycles. The van der Waals surface area contributed by atoms with Crippen molar-refractivity contribution in [3.8, 4) is 10.4 Å². The quantitative estimate of drug-likeness (QED) is 0.514. The van der Waals surface area contributed by atoms with Crippen LogP contribution in [0.3, 0.4) is 0 Å². The van der Waals surface area contributed by atoms with Crippen LogP contribution in [0.2, 0.25) is 0 Å². The fourth-order valence-corrected chi connectivity index (χ4v) is 4.57. The number of carboxylic acids is 1. The molecule has 6 nitrogen and oxygen atoms in total. The maximum atomic E-state index is 13.3. The van der Waals surface area contributed by atoms with E-state index in [0.717, 1.165) is 46.5 Å². The molecule has 0 spiro atoms. The molecule has 0 aliphatic heterocycles. The maximum Gasteiger partial charge on any atom is 0.329 e. The Morgan fingerprint density at radius 1 is 1.12 bits per heavy atom. The molecule has 4 rings (SSSR count). The molecule has 1 aliphatic rings. The largest absolute Gasteiger partial charge is 0.480 e. The van der Waals surface area contributed by atoms with Crippen LogP contribution in [-0.2, 0) is 20.7 Å². The summed E-state index contributed by atoms with van der Waals surface area (Å²) in [6.45, 7) is -0.275. The second kappa shape index (κ2) is 9.54. The summed E-state index contributed by atoms with van der Waals surface area (Å²) in [4.78, 5) is 28.2. The van der Waals surface area contributed by atoms with Gasteiger partial charge in [-0.15, -0.1) is 11.3 Å². The molecule has 0 atom stereocenters. The lowest BCUT2D eigenvalue weighted by atomic mass is 9.83. The number of anilines is 1. The van der Waals surface area contributed by atoms with Crippen molar-refractivity contribution in [3.63, 3.8) is 0 Å². The standard InChI is InChI=1S/C23H20F2N2O4S/c24-16-5-13(6-17(25)10-16)7-21(28)27-18-3-1-14(2-4-18)20-11-26-23(32-20)15-8-19(9-15)31-12-22(29)30/h1-6,10-11,15,19H,7-9,12H2,(H,27,28)(H,29,30). The molecule has 1 fully saturated rings. The highest BCUT2D eigenvalue weighted by molar-refractivity contribution is 7.15. The predicted molar refractivity (Wildman–Crippen MR) is 116 cm³/mol. The van der Waals surface area contributed by atoms with Gasteiger partial charge >= 0.3 is 5.97 Å². The first-order chi connectivity index (χ1) is 15.4. The molecule has 32 heavy (non-hydrogen) atoms. The van der Waals surface area contributed by atoms with Gasteiger partial charge in [0.2, 0.25) is 5.91 Å². The zero-order valence-corrected chi connectivity index (χ0v) is 17.7. The highest BCUT2D eigenvalue weighted by atomic mass is 32.1. The van der Waals surface area contributed by atoms with Crippen LogP contribution in [0.25, 0.3) is 10.4 Å². The van der Waals surface area contributed by atoms with Crippen molar-refractivity contribution in [1.29, 1.82) is 0 Å². The summed E-state index contributed by atoms with van der Waals surface area (Å²) in [5.41, 5.74) is 1.80. The number of aliphatic carboxylic acids is 1. The highest BCUT2D eigenvalue weighted by Gasteiger charge is 2.33. The summed E-state index contributed by atoms with van der Waals surface area (Å²) in [6, 6.07) is 10.3. The first kappa shape index (κ1) is 22.0. The number of carbonyl (C=O) groups is 2. The molecule has 0 unspecified atom stereocenters. The van der Waals surface area contributed by atoms with Crippen molar-refractivity contribution in [2.75, 3.05) is 11.9 Å². The molecule has 166 valence electrons. The third kappa shape index (κ3) is 5.54. The van der Waals surface area contributed by atoms with Gasteiger partial charge in [0.25, 0.3) is 0 Å². The first-order valence-corrected chi connectivity index (χ1v) is 10.8. The average molecular weight is 458 g/mol. The smallest absolute Gasteiger partial charge is 0.329 e. The number of thiazole rings is 1. The van der Waals surface area contributed by atoms with Crippen molar-refractivity contribution >= 4 is 28.9 Å². The second-order valence-electron chi connectivity index (χ2n) is 7.64. The summed E-state index contributed by atoms with van der Waals surface area (Å²) in [7, 11) is 0. The van der Waals surface area contributed by atoms with Crippen LogP contribution in [0.15, 0.2) is 48.7 Å². The Labute approximate surface area is 186 Å². The highest BCUT2D eigenvalue weighted by Crippen LogP contribution is 2.42. The normalized spacial score (nSPS) is 17.6. The number of benzene rings is 2. The minimum Gasteiger partial charge on any atom is -0.480 e. The monoisotopic (exact) mass is 458 g/mol. The molecule has 3 aromatic rings. The molecule has 1 aliphatic carbocycles. The number of carbonyl (C=O) groups excluding carboxylic acids is 1. The lowest BCUT2D eigenvalue weighted by Gasteiger charge is -2.33. The van der Waals surface area contributed by atoms with Crippen molar-refractivity contribution in [2.45, 2.75) is 31.3 Å². The van der Waals surface area contributed by atoms with Crippen LogP contribution >= 0.6 is 11.3 Å². The van der Waals surface area contributed by atoms with Gasteiger partial charge in [-0.1, -0.05) is 12.1 Å². The summed E-state index contributed by atoms with van der Waals surface area (Å²) in [5.74, 6) is -2.49. The Kier molecular flexibility index (Phi) is 6.57. The Morgan fingerprint density at radius 2 is 1.81 bits per heavy atom. The summed E-state index contributed by atoms with van der Waals surface area (Å²) in [5, 5.41) is 12.4. The third-order valence-corrected chi connectivity index (χ3v) is 6.36. The Bertz CT molecular complexity index is 1110. The second-order valence-corrected chi connectivity index (χ2v) is 8.70. The molecule has 1 aromatic heterocycles. The van der Waals surface area contributed by atoms with Gasteiger partial charge in [0.15, 0.2) is 0 Å². The van der Waals surface area contributed by atoms with Crippen molar-refractivity contribution in [3.05, 3.63) is 70.9 Å². The topological polar surface area (TPSA) is 88.5 Å². The molecule has 1 saturated carbocycles. The molecule has 2 aromatic carbocycles.